The summed E-state index contributed by atoms with van der Waals surface area (Å²) in [5.74, 6) is 0.273. The lowest BCUT2D eigenvalue weighted by Gasteiger charge is -2.12. The van der Waals surface area contributed by atoms with Crippen LogP contribution in [0.4, 0.5) is 10.1 Å². The number of fused-ring (bicyclic) bond motifs is 1. The molecule has 3 rings (SSSR count). The Morgan fingerprint density at radius 1 is 1.39 bits per heavy atom. The van der Waals surface area contributed by atoms with E-state index in [0.717, 1.165) is 16.3 Å². The van der Waals surface area contributed by atoms with Gasteiger partial charge >= 0.3 is 0 Å². The highest BCUT2D eigenvalue weighted by molar-refractivity contribution is 5.78. The van der Waals surface area contributed by atoms with Gasteiger partial charge in [0, 0.05) is 29.1 Å². The van der Waals surface area contributed by atoms with E-state index >= 15 is 0 Å². The number of aromatic nitrogens is 1. The minimum Gasteiger partial charge on any atom is -0.491 e. The molecule has 6 heteroatoms. The molecule has 0 unspecified atom stereocenters. The summed E-state index contributed by atoms with van der Waals surface area (Å²) in [4.78, 5) is 10.8. The number of hydrogen-bond acceptors (Lipinski definition) is 3. The number of halogens is 1. The van der Waals surface area contributed by atoms with E-state index in [-0.39, 0.29) is 11.7 Å². The highest BCUT2D eigenvalue weighted by Crippen LogP contribution is 2.27. The van der Waals surface area contributed by atoms with Crippen LogP contribution in [0.1, 0.15) is 32.8 Å². The molecule has 0 fully saturated rings. The third-order valence-electron chi connectivity index (χ3n) is 4.51. The minimum absolute atomic E-state index is 0.0209. The predicted octanol–water partition coefficient (Wildman–Crippen LogP) is 3.03. The van der Waals surface area contributed by atoms with Crippen LogP contribution >= 0.6 is 0 Å². The first-order chi connectivity index (χ1) is 13.5. The smallest absolute Gasteiger partial charge is 0.211 e. The molecular formula is C22H22FN3O2. The van der Waals surface area contributed by atoms with Crippen LogP contribution in [-0.2, 0) is 16.1 Å². The molecule has 1 aromatic carbocycles. The topological polar surface area (TPSA) is 67.0 Å². The zero-order chi connectivity index (χ0) is 20.3. The molecule has 0 spiro atoms. The summed E-state index contributed by atoms with van der Waals surface area (Å²) in [6.07, 6.45) is 7.00. The van der Waals surface area contributed by atoms with Crippen LogP contribution in [-0.4, -0.2) is 17.1 Å². The molecule has 0 saturated carbocycles. The molecule has 0 bridgehead atoms. The summed E-state index contributed by atoms with van der Waals surface area (Å²) in [5.41, 5.74) is 1.65. The number of benzene rings is 1. The molecule has 1 aliphatic rings. The first-order valence-corrected chi connectivity index (χ1v) is 9.21. The van der Waals surface area contributed by atoms with Crippen molar-refractivity contribution < 1.29 is 13.9 Å². The van der Waals surface area contributed by atoms with Gasteiger partial charge in [-0.25, -0.2) is 4.39 Å². The number of carbonyl (C=O) groups excluding carboxylic acids is 1. The third kappa shape index (κ3) is 3.56. The monoisotopic (exact) mass is 379 g/mol. The Hall–Kier alpha value is -3.33. The summed E-state index contributed by atoms with van der Waals surface area (Å²) in [5, 5.41) is 14.0. The van der Waals surface area contributed by atoms with Crippen LogP contribution in [0.2, 0.25) is 0 Å². The van der Waals surface area contributed by atoms with Crippen LogP contribution in [0.25, 0.3) is 23.4 Å². The summed E-state index contributed by atoms with van der Waals surface area (Å²) < 4.78 is 22.5. The standard InChI is InChI=1S/C22H22FN3O2/c1-4-26-21-11-16(28-14(2)3)6-5-7-17(21)19(12-24)22(26)18-10-15(25-13-27)8-9-20(18)23/h6-11,13-14H,4-5H2,1-3H3,(H,25,27). The van der Waals surface area contributed by atoms with Crippen molar-refractivity contribution in [2.24, 2.45) is 0 Å². The number of anilines is 1. The molecule has 28 heavy (non-hydrogen) atoms. The number of hydrogen-bond donors (Lipinski definition) is 1. The van der Waals surface area contributed by atoms with E-state index in [2.05, 4.69) is 11.4 Å². The van der Waals surface area contributed by atoms with Gasteiger partial charge in [0.15, 0.2) is 0 Å². The Bertz CT molecular complexity index is 1100. The molecule has 144 valence electrons. The number of amides is 1. The fourth-order valence-electron chi connectivity index (χ4n) is 3.45. The van der Waals surface area contributed by atoms with Crippen molar-refractivity contribution in [2.75, 3.05) is 5.32 Å². The van der Waals surface area contributed by atoms with Crippen LogP contribution in [0, 0.1) is 17.1 Å². The van der Waals surface area contributed by atoms with Crippen molar-refractivity contribution in [3.8, 4) is 17.3 Å². The molecule has 1 aromatic heterocycles. The van der Waals surface area contributed by atoms with Crippen LogP contribution in [0.3, 0.4) is 0 Å². The largest absolute Gasteiger partial charge is 0.491 e. The molecule has 1 aliphatic carbocycles. The predicted molar refractivity (Wildman–Crippen MR) is 107 cm³/mol. The fourth-order valence-corrected chi connectivity index (χ4v) is 3.45. The van der Waals surface area contributed by atoms with Gasteiger partial charge in [-0.1, -0.05) is 6.08 Å². The van der Waals surface area contributed by atoms with E-state index in [1.54, 1.807) is 6.07 Å². The fraction of sp³-hybridized carbons (Fsp3) is 0.273. The number of nitrogens with one attached hydrogen (secondary N) is 1. The number of nitriles is 1. The maximum absolute atomic E-state index is 14.7. The van der Waals surface area contributed by atoms with Crippen molar-refractivity contribution in [1.29, 1.82) is 5.26 Å². The molecule has 1 heterocycles. The molecule has 0 atom stereocenters. The summed E-state index contributed by atoms with van der Waals surface area (Å²) in [6, 6.07) is 6.57. The number of rotatable bonds is 6. The van der Waals surface area contributed by atoms with Crippen molar-refractivity contribution in [3.63, 3.8) is 0 Å². The van der Waals surface area contributed by atoms with Crippen LogP contribution in [0.15, 0.2) is 30.0 Å². The normalized spacial score (nSPS) is 12.8. The SMILES string of the molecule is CCn1c(-c2cc(NC=O)ccc2F)c(C#N)c2c1=CC(OC(C)C)=CCC=2. The van der Waals surface area contributed by atoms with E-state index in [1.807, 2.05) is 43.6 Å². The van der Waals surface area contributed by atoms with Gasteiger partial charge in [0.05, 0.1) is 22.7 Å². The molecule has 1 amide bonds. The molecule has 0 aliphatic heterocycles. The van der Waals surface area contributed by atoms with E-state index in [0.29, 0.717) is 36.3 Å². The van der Waals surface area contributed by atoms with Crippen molar-refractivity contribution >= 4 is 24.2 Å². The first kappa shape index (κ1) is 19.4. The number of ether oxygens (including phenoxy) is 1. The van der Waals surface area contributed by atoms with E-state index in [1.165, 1.54) is 12.1 Å². The zero-order valence-corrected chi connectivity index (χ0v) is 16.1. The van der Waals surface area contributed by atoms with Gasteiger partial charge in [-0.05, 0) is 51.5 Å². The van der Waals surface area contributed by atoms with Gasteiger partial charge < -0.3 is 14.6 Å². The van der Waals surface area contributed by atoms with E-state index in [9.17, 15) is 14.4 Å². The molecule has 0 saturated heterocycles. The third-order valence-corrected chi connectivity index (χ3v) is 4.51. The Morgan fingerprint density at radius 3 is 2.82 bits per heavy atom. The Morgan fingerprint density at radius 2 is 2.18 bits per heavy atom. The summed E-state index contributed by atoms with van der Waals surface area (Å²) >= 11 is 0. The van der Waals surface area contributed by atoms with Gasteiger partial charge in [-0.3, -0.25) is 4.79 Å². The Balaban J connectivity index is 2.33. The molecule has 0 radical (unpaired) electrons. The number of carbonyl (C=O) groups is 1. The van der Waals surface area contributed by atoms with Gasteiger partial charge in [0.25, 0.3) is 0 Å². The lowest BCUT2D eigenvalue weighted by molar-refractivity contribution is -0.105. The van der Waals surface area contributed by atoms with Crippen molar-refractivity contribution in [3.05, 3.63) is 52.0 Å². The van der Waals surface area contributed by atoms with E-state index < -0.39 is 5.82 Å². The lowest BCUT2D eigenvalue weighted by atomic mass is 10.1. The molecular weight excluding hydrogens is 357 g/mol. The molecule has 2 aromatic rings. The second kappa shape index (κ2) is 8.13. The van der Waals surface area contributed by atoms with E-state index in [4.69, 9.17) is 4.74 Å². The second-order valence-corrected chi connectivity index (χ2v) is 6.69. The highest BCUT2D eigenvalue weighted by Gasteiger charge is 2.20. The minimum atomic E-state index is -0.454. The zero-order valence-electron chi connectivity index (χ0n) is 16.1. The Labute approximate surface area is 163 Å². The molecule has 5 nitrogen and oxygen atoms in total. The number of allylic oxidation sites excluding steroid dienone is 2. The average Bonchev–Trinajstić information content (AvgIpc) is 2.80. The Kier molecular flexibility index (Phi) is 5.65. The number of nitrogens with zero attached hydrogens (tertiary/aromatic N) is 2. The molecule has 1 N–H and O–H groups in total. The highest BCUT2D eigenvalue weighted by atomic mass is 19.1. The van der Waals surface area contributed by atoms with Crippen molar-refractivity contribution in [2.45, 2.75) is 39.8 Å². The maximum atomic E-state index is 14.7. The van der Waals surface area contributed by atoms with Gasteiger partial charge in [-0.15, -0.1) is 0 Å². The first-order valence-electron chi connectivity index (χ1n) is 9.21. The van der Waals surface area contributed by atoms with Gasteiger partial charge in [0.1, 0.15) is 17.6 Å². The van der Waals surface area contributed by atoms with Crippen LogP contribution in [0.5, 0.6) is 0 Å². The quantitative estimate of drug-likeness (QED) is 0.785. The maximum Gasteiger partial charge on any atom is 0.211 e. The lowest BCUT2D eigenvalue weighted by Crippen LogP contribution is -2.30. The average molecular weight is 379 g/mol. The van der Waals surface area contributed by atoms with Gasteiger partial charge in [0.2, 0.25) is 6.41 Å². The van der Waals surface area contributed by atoms with Crippen LogP contribution < -0.4 is 15.9 Å². The summed E-state index contributed by atoms with van der Waals surface area (Å²) in [7, 11) is 0. The second-order valence-electron chi connectivity index (χ2n) is 6.69. The summed E-state index contributed by atoms with van der Waals surface area (Å²) in [6.45, 7) is 6.40. The van der Waals surface area contributed by atoms with Gasteiger partial charge in [-0.2, -0.15) is 5.26 Å². The van der Waals surface area contributed by atoms with Crippen molar-refractivity contribution in [1.82, 2.24) is 4.57 Å².